The average molecular weight is 358 g/mol. The van der Waals surface area contributed by atoms with Crippen LogP contribution in [0.3, 0.4) is 0 Å². The lowest BCUT2D eigenvalue weighted by atomic mass is 10.2. The smallest absolute Gasteiger partial charge is 0.307 e. The maximum absolute atomic E-state index is 11.3. The largest absolute Gasteiger partial charge is 0.348 e. The number of carbonyl (C=O) groups is 1. The van der Waals surface area contributed by atoms with Crippen molar-refractivity contribution in [2.45, 2.75) is 6.92 Å². The van der Waals surface area contributed by atoms with Gasteiger partial charge in [-0.3, -0.25) is 25.0 Å². The maximum atomic E-state index is 11.3. The summed E-state index contributed by atoms with van der Waals surface area (Å²) in [6.07, 6.45) is 0. The molecule has 0 aliphatic rings. The van der Waals surface area contributed by atoms with Crippen molar-refractivity contribution in [2.75, 3.05) is 10.6 Å². The SMILES string of the molecule is CC(=O)Nc1ccc(Nc2c([N+](=O)[O-])cc([N+](=O)[O-])c3nonc23)cc1. The zero-order valence-electron chi connectivity index (χ0n) is 13.1. The van der Waals surface area contributed by atoms with Gasteiger partial charge in [-0.1, -0.05) is 0 Å². The van der Waals surface area contributed by atoms with Crippen molar-refractivity contribution < 1.29 is 19.3 Å². The number of carbonyl (C=O) groups excluding carboxylic acids is 1. The molecule has 3 rings (SSSR count). The third-order valence-corrected chi connectivity index (χ3v) is 3.37. The lowest BCUT2D eigenvalue weighted by Gasteiger charge is -2.08. The van der Waals surface area contributed by atoms with Crippen LogP contribution in [0.4, 0.5) is 28.4 Å². The molecule has 3 aromatic rings. The topological polar surface area (TPSA) is 166 Å². The quantitative estimate of drug-likeness (QED) is 0.514. The Kier molecular flexibility index (Phi) is 4.14. The van der Waals surface area contributed by atoms with Crippen molar-refractivity contribution in [3.8, 4) is 0 Å². The molecule has 0 saturated carbocycles. The number of amides is 1. The molecule has 1 heterocycles. The third-order valence-electron chi connectivity index (χ3n) is 3.37. The minimum atomic E-state index is -0.800. The summed E-state index contributed by atoms with van der Waals surface area (Å²) in [5.41, 5.74) is -0.612. The van der Waals surface area contributed by atoms with Crippen LogP contribution in [0, 0.1) is 20.2 Å². The minimum Gasteiger partial charge on any atom is -0.348 e. The number of nitro benzene ring substituents is 2. The summed E-state index contributed by atoms with van der Waals surface area (Å²) in [6.45, 7) is 1.36. The first-order chi connectivity index (χ1) is 12.4. The van der Waals surface area contributed by atoms with Crippen LogP contribution in [-0.4, -0.2) is 26.1 Å². The van der Waals surface area contributed by atoms with Gasteiger partial charge in [0.1, 0.15) is 5.69 Å². The second-order valence-corrected chi connectivity index (χ2v) is 5.15. The lowest BCUT2D eigenvalue weighted by Crippen LogP contribution is -2.05. The number of nitro groups is 2. The fourth-order valence-corrected chi connectivity index (χ4v) is 2.30. The Morgan fingerprint density at radius 1 is 1.00 bits per heavy atom. The molecule has 0 radical (unpaired) electrons. The van der Waals surface area contributed by atoms with Gasteiger partial charge in [0.2, 0.25) is 11.4 Å². The highest BCUT2D eigenvalue weighted by atomic mass is 16.6. The van der Waals surface area contributed by atoms with Gasteiger partial charge in [0.25, 0.3) is 0 Å². The van der Waals surface area contributed by atoms with Crippen LogP contribution < -0.4 is 10.6 Å². The summed E-state index contributed by atoms with van der Waals surface area (Å²) in [5.74, 6) is -0.243. The van der Waals surface area contributed by atoms with E-state index in [1.54, 1.807) is 24.3 Å². The summed E-state index contributed by atoms with van der Waals surface area (Å²) in [4.78, 5) is 31.9. The molecule has 1 amide bonds. The van der Waals surface area contributed by atoms with Crippen LogP contribution in [0.15, 0.2) is 35.0 Å². The van der Waals surface area contributed by atoms with E-state index in [0.29, 0.717) is 11.4 Å². The van der Waals surface area contributed by atoms with E-state index in [2.05, 4.69) is 25.6 Å². The van der Waals surface area contributed by atoms with Crippen molar-refractivity contribution in [3.05, 3.63) is 50.6 Å². The van der Waals surface area contributed by atoms with Crippen LogP contribution in [0.25, 0.3) is 11.0 Å². The summed E-state index contributed by atoms with van der Waals surface area (Å²) >= 11 is 0. The number of hydrogen-bond donors (Lipinski definition) is 2. The van der Waals surface area contributed by atoms with Crippen LogP contribution >= 0.6 is 0 Å². The first-order valence-electron chi connectivity index (χ1n) is 7.09. The van der Waals surface area contributed by atoms with E-state index in [-0.39, 0.29) is 22.6 Å². The number of benzene rings is 2. The highest BCUT2D eigenvalue weighted by molar-refractivity contribution is 6.00. The summed E-state index contributed by atoms with van der Waals surface area (Å²) in [5, 5.41) is 34.8. The minimum absolute atomic E-state index is 0.0934. The Morgan fingerprint density at radius 3 is 2.15 bits per heavy atom. The molecule has 0 aliphatic heterocycles. The molecule has 26 heavy (non-hydrogen) atoms. The van der Waals surface area contributed by atoms with E-state index in [9.17, 15) is 25.0 Å². The Balaban J connectivity index is 2.07. The molecule has 1 aromatic heterocycles. The van der Waals surface area contributed by atoms with Gasteiger partial charge in [-0.2, -0.15) is 0 Å². The molecular weight excluding hydrogens is 348 g/mol. The van der Waals surface area contributed by atoms with Crippen molar-refractivity contribution in [1.82, 2.24) is 10.3 Å². The molecule has 12 nitrogen and oxygen atoms in total. The summed E-state index contributed by atoms with van der Waals surface area (Å²) in [6, 6.07) is 7.09. The second-order valence-electron chi connectivity index (χ2n) is 5.15. The van der Waals surface area contributed by atoms with Gasteiger partial charge in [0.15, 0.2) is 5.52 Å². The number of anilines is 3. The number of nitrogens with zero attached hydrogens (tertiary/aromatic N) is 4. The van der Waals surface area contributed by atoms with Crippen LogP contribution in [0.5, 0.6) is 0 Å². The van der Waals surface area contributed by atoms with Gasteiger partial charge in [0.05, 0.1) is 15.9 Å². The van der Waals surface area contributed by atoms with Crippen LogP contribution in [0.2, 0.25) is 0 Å². The first kappa shape index (κ1) is 16.8. The summed E-state index contributed by atoms with van der Waals surface area (Å²) < 4.78 is 4.52. The highest BCUT2D eigenvalue weighted by Gasteiger charge is 2.29. The molecule has 12 heteroatoms. The molecule has 0 saturated heterocycles. The Hall–Kier alpha value is -4.09. The molecule has 0 fully saturated rings. The number of rotatable bonds is 5. The Labute approximate surface area is 144 Å². The zero-order valence-corrected chi connectivity index (χ0v) is 13.1. The van der Waals surface area contributed by atoms with E-state index in [1.807, 2.05) is 0 Å². The van der Waals surface area contributed by atoms with E-state index in [1.165, 1.54) is 6.92 Å². The van der Waals surface area contributed by atoms with Gasteiger partial charge in [-0.05, 0) is 34.6 Å². The average Bonchev–Trinajstić information content (AvgIpc) is 3.05. The number of hydrogen-bond acceptors (Lipinski definition) is 9. The van der Waals surface area contributed by atoms with Crippen molar-refractivity contribution in [2.24, 2.45) is 0 Å². The summed E-state index contributed by atoms with van der Waals surface area (Å²) in [7, 11) is 0. The van der Waals surface area contributed by atoms with Crippen LogP contribution in [-0.2, 0) is 4.79 Å². The highest BCUT2D eigenvalue weighted by Crippen LogP contribution is 2.39. The fraction of sp³-hybridized carbons (Fsp3) is 0.0714. The maximum Gasteiger partial charge on any atom is 0.307 e. The third kappa shape index (κ3) is 3.10. The lowest BCUT2D eigenvalue weighted by molar-refractivity contribution is -0.392. The first-order valence-corrected chi connectivity index (χ1v) is 7.09. The van der Waals surface area contributed by atoms with Crippen LogP contribution in [0.1, 0.15) is 6.92 Å². The predicted molar refractivity (Wildman–Crippen MR) is 89.1 cm³/mol. The van der Waals surface area contributed by atoms with Gasteiger partial charge >= 0.3 is 11.4 Å². The molecule has 0 unspecified atom stereocenters. The molecule has 0 spiro atoms. The molecule has 0 bridgehead atoms. The molecule has 132 valence electrons. The zero-order chi connectivity index (χ0) is 18.8. The predicted octanol–water partition coefficient (Wildman–Crippen LogP) is 2.74. The normalized spacial score (nSPS) is 10.5. The van der Waals surface area contributed by atoms with E-state index in [0.717, 1.165) is 6.07 Å². The molecule has 0 aliphatic carbocycles. The standard InChI is InChI=1S/C14H10N6O6/c1-7(21)15-8-2-4-9(5-3-8)16-12-10(19(22)23)6-11(20(24)25)13-14(12)18-26-17-13/h2-6,16H,1H3,(H,15,21). The molecular formula is C14H10N6O6. The number of nitrogens with one attached hydrogen (secondary N) is 2. The molecule has 2 aromatic carbocycles. The molecule has 0 atom stereocenters. The van der Waals surface area contributed by atoms with Crippen molar-refractivity contribution >= 4 is 45.4 Å². The van der Waals surface area contributed by atoms with E-state index < -0.39 is 21.2 Å². The van der Waals surface area contributed by atoms with E-state index >= 15 is 0 Å². The Morgan fingerprint density at radius 2 is 1.58 bits per heavy atom. The van der Waals surface area contributed by atoms with Crippen molar-refractivity contribution in [1.29, 1.82) is 0 Å². The Bertz CT molecular complexity index is 1030. The fourth-order valence-electron chi connectivity index (χ4n) is 2.30. The van der Waals surface area contributed by atoms with Gasteiger partial charge < -0.3 is 10.6 Å². The van der Waals surface area contributed by atoms with E-state index in [4.69, 9.17) is 0 Å². The van der Waals surface area contributed by atoms with Gasteiger partial charge in [0, 0.05) is 18.3 Å². The monoisotopic (exact) mass is 358 g/mol. The van der Waals surface area contributed by atoms with Gasteiger partial charge in [-0.15, -0.1) is 0 Å². The molecule has 2 N–H and O–H groups in total. The number of aromatic nitrogens is 2. The second kappa shape index (κ2) is 6.43. The van der Waals surface area contributed by atoms with Crippen molar-refractivity contribution in [3.63, 3.8) is 0 Å². The number of fused-ring (bicyclic) bond motifs is 1. The van der Waals surface area contributed by atoms with Gasteiger partial charge in [-0.25, -0.2) is 4.63 Å². The number of non-ortho nitro benzene ring substituents is 1.